The molecule has 2 N–H and O–H groups in total. The number of imidazole rings is 1. The van der Waals surface area contributed by atoms with E-state index in [0.717, 1.165) is 4.57 Å². The van der Waals surface area contributed by atoms with E-state index in [4.69, 9.17) is 27.6 Å². The number of carbonyl (C=O) groups is 2. The van der Waals surface area contributed by atoms with Gasteiger partial charge in [0.05, 0.1) is 39.6 Å². The number of para-hydroxylation sites is 1. The second-order valence-corrected chi connectivity index (χ2v) is 7.91. The zero-order chi connectivity index (χ0) is 24.5. The largest absolute Gasteiger partial charge is 0.467 e. The first kappa shape index (κ1) is 23.7. The molecule has 0 saturated heterocycles. The van der Waals surface area contributed by atoms with Crippen molar-refractivity contribution in [3.63, 3.8) is 0 Å². The van der Waals surface area contributed by atoms with E-state index in [9.17, 15) is 22.8 Å². The van der Waals surface area contributed by atoms with Gasteiger partial charge < -0.3 is 19.6 Å². The lowest BCUT2D eigenvalue weighted by Gasteiger charge is -2.11. The predicted molar refractivity (Wildman–Crippen MR) is 120 cm³/mol. The van der Waals surface area contributed by atoms with Gasteiger partial charge in [-0.05, 0) is 36.4 Å². The lowest BCUT2D eigenvalue weighted by atomic mass is 10.2. The highest BCUT2D eigenvalue weighted by molar-refractivity contribution is 6.40. The van der Waals surface area contributed by atoms with E-state index in [1.165, 1.54) is 36.6 Å². The number of nitrogens with one attached hydrogen (secondary N) is 2. The van der Waals surface area contributed by atoms with E-state index < -0.39 is 30.4 Å². The number of alkyl halides is 3. The highest BCUT2D eigenvalue weighted by Gasteiger charge is 2.38. The van der Waals surface area contributed by atoms with Crippen molar-refractivity contribution < 1.29 is 27.2 Å². The van der Waals surface area contributed by atoms with Gasteiger partial charge in [0, 0.05) is 0 Å². The fourth-order valence-electron chi connectivity index (χ4n) is 3.32. The molecule has 0 saturated carbocycles. The molecule has 2 aromatic heterocycles. The molecule has 2 heterocycles. The Morgan fingerprint density at radius 2 is 1.74 bits per heavy atom. The van der Waals surface area contributed by atoms with Crippen molar-refractivity contribution in [1.29, 1.82) is 0 Å². The average molecular weight is 511 g/mol. The van der Waals surface area contributed by atoms with Gasteiger partial charge in [0.15, 0.2) is 0 Å². The van der Waals surface area contributed by atoms with E-state index in [2.05, 4.69) is 15.6 Å². The molecule has 0 bridgehead atoms. The molecule has 0 aliphatic rings. The van der Waals surface area contributed by atoms with E-state index in [1.807, 2.05) is 0 Å². The van der Waals surface area contributed by atoms with Gasteiger partial charge in [-0.25, -0.2) is 4.98 Å². The molecule has 0 unspecified atom stereocenters. The Bertz CT molecular complexity index is 1350. The Hall–Kier alpha value is -3.50. The van der Waals surface area contributed by atoms with Gasteiger partial charge >= 0.3 is 6.18 Å². The third-order valence-corrected chi connectivity index (χ3v) is 5.44. The summed E-state index contributed by atoms with van der Waals surface area (Å²) in [6.07, 6.45) is -3.44. The van der Waals surface area contributed by atoms with Crippen LogP contribution in [0.1, 0.15) is 21.9 Å². The molecular weight excluding hydrogens is 496 g/mol. The van der Waals surface area contributed by atoms with Gasteiger partial charge in [-0.1, -0.05) is 35.3 Å². The zero-order valence-electron chi connectivity index (χ0n) is 17.1. The van der Waals surface area contributed by atoms with Crippen LogP contribution >= 0.6 is 23.2 Å². The average Bonchev–Trinajstić information content (AvgIpc) is 3.41. The van der Waals surface area contributed by atoms with E-state index in [1.54, 1.807) is 18.2 Å². The van der Waals surface area contributed by atoms with Crippen LogP contribution in [0, 0.1) is 0 Å². The topological polar surface area (TPSA) is 89.2 Å². The molecule has 0 aliphatic carbocycles. The summed E-state index contributed by atoms with van der Waals surface area (Å²) in [5.74, 6) is -2.24. The minimum Gasteiger partial charge on any atom is -0.467 e. The van der Waals surface area contributed by atoms with Gasteiger partial charge in [0.2, 0.25) is 11.7 Å². The van der Waals surface area contributed by atoms with Crippen molar-refractivity contribution >= 4 is 51.7 Å². The molecule has 0 fully saturated rings. The van der Waals surface area contributed by atoms with Crippen molar-refractivity contribution in [3.8, 4) is 0 Å². The Labute approximate surface area is 200 Å². The second-order valence-electron chi connectivity index (χ2n) is 7.10. The van der Waals surface area contributed by atoms with Crippen molar-refractivity contribution in [2.45, 2.75) is 19.3 Å². The van der Waals surface area contributed by atoms with Gasteiger partial charge in [-0.3, -0.25) is 9.59 Å². The van der Waals surface area contributed by atoms with Crippen LogP contribution in [0.2, 0.25) is 10.0 Å². The first-order valence-electron chi connectivity index (χ1n) is 9.76. The molecule has 0 atom stereocenters. The number of halogens is 5. The molecule has 176 valence electrons. The normalized spacial score (nSPS) is 11.6. The number of amides is 2. The minimum atomic E-state index is -4.85. The van der Waals surface area contributed by atoms with Crippen molar-refractivity contribution in [3.05, 3.63) is 82.0 Å². The molecule has 34 heavy (non-hydrogen) atoms. The smallest absolute Gasteiger partial charge is 0.449 e. The maximum Gasteiger partial charge on any atom is 0.449 e. The van der Waals surface area contributed by atoms with Crippen LogP contribution in [0.5, 0.6) is 0 Å². The lowest BCUT2D eigenvalue weighted by Crippen LogP contribution is -2.29. The first-order valence-corrected chi connectivity index (χ1v) is 10.5. The fourth-order valence-corrected chi connectivity index (χ4v) is 3.89. The SMILES string of the molecule is O=C(Cn1c(C(F)(F)F)nc2c(NC(=O)c3c(Cl)cccc3Cl)cccc21)NCc1ccco1. The maximum atomic E-state index is 13.8. The van der Waals surface area contributed by atoms with Crippen molar-refractivity contribution in [2.24, 2.45) is 0 Å². The standard InChI is InChI=1S/C22H15Cl2F3N4O3/c23-13-5-1-6-14(24)18(13)20(33)29-15-7-2-8-16-19(15)30-21(22(25,26)27)31(16)11-17(32)28-10-12-4-3-9-34-12/h1-9H,10-11H2,(H,28,32)(H,29,33). The number of hydrogen-bond donors (Lipinski definition) is 2. The summed E-state index contributed by atoms with van der Waals surface area (Å²) in [6, 6.07) is 11.9. The molecule has 12 heteroatoms. The third-order valence-electron chi connectivity index (χ3n) is 4.81. The number of aromatic nitrogens is 2. The molecule has 0 radical (unpaired) electrons. The number of benzene rings is 2. The summed E-state index contributed by atoms with van der Waals surface area (Å²) in [6.45, 7) is -0.639. The minimum absolute atomic E-state index is 0.00118. The highest BCUT2D eigenvalue weighted by atomic mass is 35.5. The molecule has 7 nitrogen and oxygen atoms in total. The van der Waals surface area contributed by atoms with Crippen LogP contribution < -0.4 is 10.6 Å². The lowest BCUT2D eigenvalue weighted by molar-refractivity contribution is -0.147. The van der Waals surface area contributed by atoms with Crippen LogP contribution in [-0.4, -0.2) is 21.4 Å². The summed E-state index contributed by atoms with van der Waals surface area (Å²) in [5, 5.41) is 5.16. The number of rotatable bonds is 6. The van der Waals surface area contributed by atoms with Crippen LogP contribution in [0.4, 0.5) is 18.9 Å². The van der Waals surface area contributed by atoms with Crippen LogP contribution in [-0.2, 0) is 24.1 Å². The number of hydrogen-bond acceptors (Lipinski definition) is 4. The number of carbonyl (C=O) groups excluding carboxylic acids is 2. The Kier molecular flexibility index (Phi) is 6.54. The molecule has 4 aromatic rings. The van der Waals surface area contributed by atoms with E-state index >= 15 is 0 Å². The van der Waals surface area contributed by atoms with Gasteiger partial charge in [0.1, 0.15) is 17.8 Å². The summed E-state index contributed by atoms with van der Waals surface area (Å²) in [7, 11) is 0. The third kappa shape index (κ3) is 4.87. The summed E-state index contributed by atoms with van der Waals surface area (Å²) >= 11 is 12.1. The number of fused-ring (bicyclic) bond motifs is 1. The molecule has 0 spiro atoms. The molecular formula is C22H15Cl2F3N4O3. The van der Waals surface area contributed by atoms with Crippen LogP contribution in [0.25, 0.3) is 11.0 Å². The highest BCUT2D eigenvalue weighted by Crippen LogP contribution is 2.34. The summed E-state index contributed by atoms with van der Waals surface area (Å²) in [4.78, 5) is 28.8. The van der Waals surface area contributed by atoms with Gasteiger partial charge in [-0.15, -0.1) is 0 Å². The summed E-state index contributed by atoms with van der Waals surface area (Å²) in [5.41, 5.74) is -0.178. The molecule has 2 aromatic carbocycles. The quantitative estimate of drug-likeness (QED) is 0.357. The molecule has 2 amide bonds. The van der Waals surface area contributed by atoms with Gasteiger partial charge in [0.25, 0.3) is 5.91 Å². The Morgan fingerprint density at radius 3 is 2.38 bits per heavy atom. The summed E-state index contributed by atoms with van der Waals surface area (Å²) < 4.78 is 47.1. The monoisotopic (exact) mass is 510 g/mol. The van der Waals surface area contributed by atoms with Crippen molar-refractivity contribution in [2.75, 3.05) is 5.32 Å². The molecule has 0 aliphatic heterocycles. The fraction of sp³-hybridized carbons (Fsp3) is 0.136. The molecule has 4 rings (SSSR count). The number of nitrogens with zero attached hydrogens (tertiary/aromatic N) is 2. The predicted octanol–water partition coefficient (Wildman–Crippen LogP) is 5.52. The Morgan fingerprint density at radius 1 is 1.03 bits per heavy atom. The zero-order valence-corrected chi connectivity index (χ0v) is 18.6. The van der Waals surface area contributed by atoms with E-state index in [0.29, 0.717) is 5.76 Å². The van der Waals surface area contributed by atoms with Crippen LogP contribution in [0.15, 0.2) is 59.2 Å². The Balaban J connectivity index is 1.67. The second kappa shape index (κ2) is 9.40. The number of furan rings is 1. The number of anilines is 1. The first-order chi connectivity index (χ1) is 16.1. The van der Waals surface area contributed by atoms with Crippen molar-refractivity contribution in [1.82, 2.24) is 14.9 Å². The van der Waals surface area contributed by atoms with Gasteiger partial charge in [-0.2, -0.15) is 13.2 Å². The van der Waals surface area contributed by atoms with Crippen LogP contribution in [0.3, 0.4) is 0 Å². The maximum absolute atomic E-state index is 13.8. The van der Waals surface area contributed by atoms with E-state index in [-0.39, 0.29) is 38.9 Å².